The summed E-state index contributed by atoms with van der Waals surface area (Å²) in [5.41, 5.74) is 2.07. The zero-order valence-electron chi connectivity index (χ0n) is 17.9. The molecular weight excluding hydrogens is 383 g/mol. The number of carbonyl (C=O) groups is 2. The largest absolute Gasteiger partial charge is 0.484 e. The molecule has 1 heterocycles. The molecule has 2 aromatic carbocycles. The molecule has 1 saturated heterocycles. The second-order valence-electron chi connectivity index (χ2n) is 8.63. The van der Waals surface area contributed by atoms with Crippen molar-refractivity contribution in [3.8, 4) is 5.75 Å². The number of piperazine rings is 1. The van der Waals surface area contributed by atoms with Crippen LogP contribution in [0.3, 0.4) is 0 Å². The Kier molecular flexibility index (Phi) is 6.75. The van der Waals surface area contributed by atoms with Gasteiger partial charge in [-0.3, -0.25) is 9.59 Å². The lowest BCUT2D eigenvalue weighted by Crippen LogP contribution is -2.52. The zero-order chi connectivity index (χ0) is 21.7. The topological polar surface area (TPSA) is 49.9 Å². The van der Waals surface area contributed by atoms with Crippen LogP contribution in [0.15, 0.2) is 48.5 Å². The van der Waals surface area contributed by atoms with Crippen LogP contribution in [0, 0.1) is 5.82 Å². The fourth-order valence-corrected chi connectivity index (χ4v) is 3.38. The van der Waals surface area contributed by atoms with Crippen molar-refractivity contribution < 1.29 is 18.7 Å². The van der Waals surface area contributed by atoms with Crippen molar-refractivity contribution in [3.63, 3.8) is 0 Å². The Balaban J connectivity index is 1.43. The Morgan fingerprint density at radius 2 is 1.40 bits per heavy atom. The number of halogens is 1. The van der Waals surface area contributed by atoms with E-state index in [9.17, 15) is 14.0 Å². The fraction of sp³-hybridized carbons (Fsp3) is 0.417. The van der Waals surface area contributed by atoms with E-state index in [0.717, 1.165) is 5.56 Å². The van der Waals surface area contributed by atoms with E-state index in [-0.39, 0.29) is 36.1 Å². The Labute approximate surface area is 177 Å². The van der Waals surface area contributed by atoms with Crippen LogP contribution in [0.5, 0.6) is 5.75 Å². The Morgan fingerprint density at radius 3 is 1.93 bits per heavy atom. The van der Waals surface area contributed by atoms with Crippen molar-refractivity contribution in [2.45, 2.75) is 32.6 Å². The molecule has 0 radical (unpaired) electrons. The molecule has 6 heteroatoms. The minimum absolute atomic E-state index is 0.0103. The quantitative estimate of drug-likeness (QED) is 0.756. The van der Waals surface area contributed by atoms with Gasteiger partial charge in [-0.15, -0.1) is 0 Å². The van der Waals surface area contributed by atoms with E-state index in [0.29, 0.717) is 31.9 Å². The van der Waals surface area contributed by atoms with Crippen molar-refractivity contribution in [2.75, 3.05) is 32.8 Å². The van der Waals surface area contributed by atoms with Crippen LogP contribution in [-0.4, -0.2) is 54.4 Å². The van der Waals surface area contributed by atoms with Gasteiger partial charge < -0.3 is 14.5 Å². The molecule has 0 unspecified atom stereocenters. The number of hydrogen-bond acceptors (Lipinski definition) is 3. The number of rotatable bonds is 5. The molecule has 0 aromatic heterocycles. The molecule has 0 atom stereocenters. The van der Waals surface area contributed by atoms with Gasteiger partial charge in [-0.05, 0) is 40.8 Å². The van der Waals surface area contributed by atoms with Gasteiger partial charge in [0, 0.05) is 26.2 Å². The summed E-state index contributed by atoms with van der Waals surface area (Å²) in [6, 6.07) is 13.8. The second-order valence-corrected chi connectivity index (χ2v) is 8.63. The van der Waals surface area contributed by atoms with Crippen molar-refractivity contribution in [1.29, 1.82) is 0 Å². The highest BCUT2D eigenvalue weighted by Crippen LogP contribution is 2.24. The molecule has 2 amide bonds. The number of carbonyl (C=O) groups excluding carboxylic acids is 2. The van der Waals surface area contributed by atoms with Crippen LogP contribution in [0.2, 0.25) is 0 Å². The highest BCUT2D eigenvalue weighted by Gasteiger charge is 2.24. The minimum Gasteiger partial charge on any atom is -0.484 e. The molecule has 1 aliphatic rings. The number of amides is 2. The van der Waals surface area contributed by atoms with Crippen LogP contribution in [-0.2, 0) is 21.4 Å². The first kappa shape index (κ1) is 21.8. The SMILES string of the molecule is CC(C)(C)c1ccc(OCC(=O)N2CCN(C(=O)Cc3ccc(F)cc3)CC2)cc1. The lowest BCUT2D eigenvalue weighted by molar-refractivity contribution is -0.140. The lowest BCUT2D eigenvalue weighted by Gasteiger charge is -2.34. The summed E-state index contributed by atoms with van der Waals surface area (Å²) in [6.07, 6.45) is 0.238. The normalized spacial score (nSPS) is 14.5. The van der Waals surface area contributed by atoms with Gasteiger partial charge in [-0.1, -0.05) is 45.0 Å². The van der Waals surface area contributed by atoms with Gasteiger partial charge in [0.05, 0.1) is 6.42 Å². The standard InChI is InChI=1S/C24H29FN2O3/c1-24(2,3)19-6-10-21(11-7-19)30-17-23(29)27-14-12-26(13-15-27)22(28)16-18-4-8-20(25)9-5-18/h4-11H,12-17H2,1-3H3. The van der Waals surface area contributed by atoms with Crippen LogP contribution in [0.25, 0.3) is 0 Å². The van der Waals surface area contributed by atoms with Crippen molar-refractivity contribution in [2.24, 2.45) is 0 Å². The van der Waals surface area contributed by atoms with Gasteiger partial charge >= 0.3 is 0 Å². The molecule has 3 rings (SSSR count). The van der Waals surface area contributed by atoms with E-state index in [4.69, 9.17) is 4.74 Å². The summed E-state index contributed by atoms with van der Waals surface area (Å²) in [6.45, 7) is 8.39. The van der Waals surface area contributed by atoms with E-state index in [1.54, 1.807) is 21.9 Å². The van der Waals surface area contributed by atoms with Crippen molar-refractivity contribution >= 4 is 11.8 Å². The summed E-state index contributed by atoms with van der Waals surface area (Å²) >= 11 is 0. The molecule has 0 N–H and O–H groups in total. The smallest absolute Gasteiger partial charge is 0.260 e. The third kappa shape index (κ3) is 5.81. The van der Waals surface area contributed by atoms with Crippen molar-refractivity contribution in [3.05, 3.63) is 65.5 Å². The summed E-state index contributed by atoms with van der Waals surface area (Å²) in [4.78, 5) is 28.4. The van der Waals surface area contributed by atoms with Crippen LogP contribution in [0.1, 0.15) is 31.9 Å². The number of nitrogens with zero attached hydrogens (tertiary/aromatic N) is 2. The molecule has 2 aromatic rings. The van der Waals surface area contributed by atoms with Gasteiger partial charge in [0.15, 0.2) is 6.61 Å². The highest BCUT2D eigenvalue weighted by molar-refractivity contribution is 5.80. The maximum atomic E-state index is 13.0. The predicted octanol–water partition coefficient (Wildman–Crippen LogP) is 3.42. The Morgan fingerprint density at radius 1 is 0.867 bits per heavy atom. The molecular formula is C24H29FN2O3. The second kappa shape index (κ2) is 9.28. The number of benzene rings is 2. The summed E-state index contributed by atoms with van der Waals surface area (Å²) in [7, 11) is 0. The molecule has 1 aliphatic heterocycles. The molecule has 160 valence electrons. The third-order valence-corrected chi connectivity index (χ3v) is 5.34. The number of hydrogen-bond donors (Lipinski definition) is 0. The maximum absolute atomic E-state index is 13.0. The average molecular weight is 413 g/mol. The molecule has 1 fully saturated rings. The van der Waals surface area contributed by atoms with Gasteiger partial charge in [-0.25, -0.2) is 4.39 Å². The molecule has 30 heavy (non-hydrogen) atoms. The predicted molar refractivity (Wildman–Crippen MR) is 114 cm³/mol. The molecule has 0 saturated carbocycles. The summed E-state index contributed by atoms with van der Waals surface area (Å²) in [5, 5.41) is 0. The monoisotopic (exact) mass is 412 g/mol. The van der Waals surface area contributed by atoms with Gasteiger partial charge in [0.25, 0.3) is 5.91 Å². The van der Waals surface area contributed by atoms with Crippen LogP contribution >= 0.6 is 0 Å². The molecule has 0 spiro atoms. The van der Waals surface area contributed by atoms with E-state index in [2.05, 4.69) is 20.8 Å². The van der Waals surface area contributed by atoms with Crippen molar-refractivity contribution in [1.82, 2.24) is 9.80 Å². The lowest BCUT2D eigenvalue weighted by atomic mass is 9.87. The average Bonchev–Trinajstić information content (AvgIpc) is 2.73. The van der Waals surface area contributed by atoms with Gasteiger partial charge in [0.1, 0.15) is 11.6 Å². The number of ether oxygens (including phenoxy) is 1. The molecule has 0 aliphatic carbocycles. The van der Waals surface area contributed by atoms with Gasteiger partial charge in [-0.2, -0.15) is 0 Å². The Bertz CT molecular complexity index is 865. The van der Waals surface area contributed by atoms with E-state index in [1.165, 1.54) is 17.7 Å². The highest BCUT2D eigenvalue weighted by atomic mass is 19.1. The zero-order valence-corrected chi connectivity index (χ0v) is 17.9. The first-order valence-electron chi connectivity index (χ1n) is 10.3. The summed E-state index contributed by atoms with van der Waals surface area (Å²) < 4.78 is 18.6. The van der Waals surface area contributed by atoms with E-state index in [1.807, 2.05) is 24.3 Å². The van der Waals surface area contributed by atoms with E-state index >= 15 is 0 Å². The third-order valence-electron chi connectivity index (χ3n) is 5.34. The fourth-order valence-electron chi connectivity index (χ4n) is 3.38. The van der Waals surface area contributed by atoms with Crippen LogP contribution in [0.4, 0.5) is 4.39 Å². The van der Waals surface area contributed by atoms with Gasteiger partial charge in [0.2, 0.25) is 5.91 Å². The van der Waals surface area contributed by atoms with E-state index < -0.39 is 0 Å². The maximum Gasteiger partial charge on any atom is 0.260 e. The summed E-state index contributed by atoms with van der Waals surface area (Å²) in [5.74, 6) is 0.263. The first-order chi connectivity index (χ1) is 14.2. The molecule has 0 bridgehead atoms. The molecule has 5 nitrogen and oxygen atoms in total. The van der Waals surface area contributed by atoms with Crippen LogP contribution < -0.4 is 4.74 Å². The first-order valence-corrected chi connectivity index (χ1v) is 10.3. The Hall–Kier alpha value is -2.89. The minimum atomic E-state index is -0.314.